The van der Waals surface area contributed by atoms with Gasteiger partial charge in [0.2, 0.25) is 5.78 Å². The van der Waals surface area contributed by atoms with E-state index < -0.39 is 11.6 Å². The monoisotopic (exact) mass is 394 g/mol. The summed E-state index contributed by atoms with van der Waals surface area (Å²) in [7, 11) is 3.04. The Morgan fingerprint density at radius 3 is 2.54 bits per heavy atom. The molecule has 28 heavy (non-hydrogen) atoms. The van der Waals surface area contributed by atoms with Gasteiger partial charge < -0.3 is 9.30 Å². The summed E-state index contributed by atoms with van der Waals surface area (Å²) in [5.41, 5.74) is 0.384. The number of para-hydroxylation sites is 1. The van der Waals surface area contributed by atoms with Crippen LogP contribution in [0.4, 0.5) is 4.39 Å². The molecule has 0 fully saturated rings. The molecule has 0 atom stereocenters. The Morgan fingerprint density at radius 1 is 1.21 bits per heavy atom. The van der Waals surface area contributed by atoms with Crippen molar-refractivity contribution in [2.75, 3.05) is 7.11 Å². The Labute approximate surface area is 163 Å². The van der Waals surface area contributed by atoms with Gasteiger partial charge in [-0.1, -0.05) is 18.2 Å². The van der Waals surface area contributed by atoms with Crippen molar-refractivity contribution in [3.05, 3.63) is 85.0 Å². The first-order valence-corrected chi connectivity index (χ1v) is 9.03. The van der Waals surface area contributed by atoms with Crippen molar-refractivity contribution in [3.63, 3.8) is 0 Å². The predicted molar refractivity (Wildman–Crippen MR) is 105 cm³/mol. The highest BCUT2D eigenvalue weighted by Gasteiger charge is 2.16. The van der Waals surface area contributed by atoms with Gasteiger partial charge >= 0.3 is 0 Å². The highest BCUT2D eigenvalue weighted by Crippen LogP contribution is 2.17. The number of hydrogen-bond donors (Lipinski definition) is 0. The van der Waals surface area contributed by atoms with Crippen molar-refractivity contribution >= 4 is 28.8 Å². The van der Waals surface area contributed by atoms with Crippen molar-refractivity contribution in [2.24, 2.45) is 7.05 Å². The molecule has 0 bridgehead atoms. The summed E-state index contributed by atoms with van der Waals surface area (Å²) in [6.45, 7) is 0. The third-order valence-electron chi connectivity index (χ3n) is 4.11. The fourth-order valence-electron chi connectivity index (χ4n) is 2.65. The Morgan fingerprint density at radius 2 is 1.89 bits per heavy atom. The summed E-state index contributed by atoms with van der Waals surface area (Å²) >= 11 is 1.04. The quantitative estimate of drug-likeness (QED) is 0.635. The topological polar surface area (TPSA) is 72.1 Å². The Kier molecular flexibility index (Phi) is 5.52. The fourth-order valence-corrected chi connectivity index (χ4v) is 3.73. The van der Waals surface area contributed by atoms with E-state index in [1.165, 1.54) is 30.9 Å². The number of aromatic nitrogens is 1. The van der Waals surface area contributed by atoms with Crippen LogP contribution in [0.3, 0.4) is 0 Å². The summed E-state index contributed by atoms with van der Waals surface area (Å²) in [6.07, 6.45) is 1.66. The molecule has 0 saturated heterocycles. The lowest BCUT2D eigenvalue weighted by molar-refractivity contribution is 0.105. The Balaban J connectivity index is 2.22. The smallest absolute Gasteiger partial charge is 0.268 e. The zero-order valence-electron chi connectivity index (χ0n) is 15.1. The van der Waals surface area contributed by atoms with Crippen LogP contribution in [0, 0.1) is 17.1 Å². The van der Waals surface area contributed by atoms with E-state index in [0.717, 1.165) is 23.5 Å². The maximum absolute atomic E-state index is 13.1. The molecule has 0 amide bonds. The molecule has 3 rings (SSSR count). The van der Waals surface area contributed by atoms with Gasteiger partial charge in [-0.2, -0.15) is 5.26 Å². The van der Waals surface area contributed by atoms with Crippen molar-refractivity contribution in [1.82, 2.24) is 4.57 Å². The third kappa shape index (κ3) is 3.63. The molecule has 2 aromatic carbocycles. The number of halogens is 1. The Bertz CT molecular complexity index is 1260. The van der Waals surface area contributed by atoms with Gasteiger partial charge in [-0.05, 0) is 36.4 Å². The van der Waals surface area contributed by atoms with E-state index >= 15 is 0 Å². The summed E-state index contributed by atoms with van der Waals surface area (Å²) in [5, 5.41) is 9.54. The van der Waals surface area contributed by atoms with Crippen molar-refractivity contribution in [3.8, 4) is 11.8 Å². The molecule has 1 aromatic heterocycles. The first-order chi connectivity index (χ1) is 13.5. The van der Waals surface area contributed by atoms with E-state index in [1.54, 1.807) is 18.2 Å². The fraction of sp³-hybridized carbons (Fsp3) is 0.0952. The van der Waals surface area contributed by atoms with Crippen LogP contribution in [0.1, 0.15) is 15.9 Å². The van der Waals surface area contributed by atoms with Crippen LogP contribution in [0.15, 0.2) is 53.3 Å². The van der Waals surface area contributed by atoms with Gasteiger partial charge in [0.25, 0.3) is 5.56 Å². The van der Waals surface area contributed by atoms with E-state index in [2.05, 4.69) is 0 Å². The lowest BCUT2D eigenvalue weighted by Gasteiger charge is -2.02. The second-order valence-corrected chi connectivity index (χ2v) is 6.88. The highest BCUT2D eigenvalue weighted by molar-refractivity contribution is 7.07. The molecule has 0 saturated carbocycles. The van der Waals surface area contributed by atoms with Crippen LogP contribution in [0.25, 0.3) is 11.6 Å². The number of methoxy groups -OCH3 is 1. The first-order valence-electron chi connectivity index (χ1n) is 8.21. The summed E-state index contributed by atoms with van der Waals surface area (Å²) in [6, 6.07) is 14.0. The average Bonchev–Trinajstić information content (AvgIpc) is 2.98. The van der Waals surface area contributed by atoms with Gasteiger partial charge in [-0.3, -0.25) is 9.59 Å². The number of thiazole rings is 1. The van der Waals surface area contributed by atoms with Crippen molar-refractivity contribution in [1.29, 1.82) is 5.26 Å². The molecular weight excluding hydrogens is 379 g/mol. The molecule has 0 aliphatic carbocycles. The molecule has 7 heteroatoms. The van der Waals surface area contributed by atoms with Crippen LogP contribution in [0.2, 0.25) is 0 Å². The molecule has 3 aromatic rings. The van der Waals surface area contributed by atoms with Gasteiger partial charge in [0.05, 0.1) is 11.6 Å². The molecule has 0 spiro atoms. The first kappa shape index (κ1) is 19.3. The number of ketones is 1. The molecule has 0 radical (unpaired) electrons. The molecule has 140 valence electrons. The summed E-state index contributed by atoms with van der Waals surface area (Å²) in [5.74, 6) is -0.443. The zero-order valence-corrected chi connectivity index (χ0v) is 15.9. The minimum absolute atomic E-state index is 0.170. The molecule has 1 heterocycles. The SMILES string of the molecule is COc1ccccc1/C=c1\s/c(=C(/C#N)C(=O)c2ccc(F)cc2)n(C)c1=O. The van der Waals surface area contributed by atoms with E-state index in [9.17, 15) is 19.2 Å². The van der Waals surface area contributed by atoms with Crippen LogP contribution >= 0.6 is 11.3 Å². The average molecular weight is 394 g/mol. The lowest BCUT2D eigenvalue weighted by atomic mass is 10.1. The van der Waals surface area contributed by atoms with Gasteiger partial charge in [0.15, 0.2) is 0 Å². The van der Waals surface area contributed by atoms with Crippen LogP contribution in [0.5, 0.6) is 5.75 Å². The molecule has 0 N–H and O–H groups in total. The van der Waals surface area contributed by atoms with Crippen LogP contribution in [-0.4, -0.2) is 17.5 Å². The van der Waals surface area contributed by atoms with E-state index in [0.29, 0.717) is 15.8 Å². The van der Waals surface area contributed by atoms with Crippen LogP contribution in [-0.2, 0) is 7.05 Å². The number of carbonyl (C=O) groups excluding carboxylic acids is 1. The molecular formula is C21H15FN2O3S. The number of nitriles is 1. The number of nitrogens with zero attached hydrogens (tertiary/aromatic N) is 2. The number of hydrogen-bond acceptors (Lipinski definition) is 5. The predicted octanol–water partition coefficient (Wildman–Crippen LogP) is 1.98. The number of rotatable bonds is 4. The summed E-state index contributed by atoms with van der Waals surface area (Å²) in [4.78, 5) is 25.3. The van der Waals surface area contributed by atoms with Crippen LogP contribution < -0.4 is 19.5 Å². The second kappa shape index (κ2) is 8.03. The number of carbonyl (C=O) groups is 1. The van der Waals surface area contributed by atoms with Crippen molar-refractivity contribution in [2.45, 2.75) is 0 Å². The Hall–Kier alpha value is -3.50. The van der Waals surface area contributed by atoms with Gasteiger partial charge in [-0.25, -0.2) is 4.39 Å². The van der Waals surface area contributed by atoms with Gasteiger partial charge in [0.1, 0.15) is 27.9 Å². The van der Waals surface area contributed by atoms with Crippen molar-refractivity contribution < 1.29 is 13.9 Å². The molecule has 0 aliphatic heterocycles. The maximum atomic E-state index is 13.1. The second-order valence-electron chi connectivity index (χ2n) is 5.84. The van der Waals surface area contributed by atoms with E-state index in [-0.39, 0.29) is 21.4 Å². The standard InChI is InChI=1S/C21H15FN2O3S/c1-24-20(26)18(11-14-5-3-4-6-17(14)27-2)28-21(24)16(12-23)19(25)13-7-9-15(22)10-8-13/h3-11H,1-2H3/b18-11-,21-16-. The normalized spacial score (nSPS) is 12.4. The lowest BCUT2D eigenvalue weighted by Crippen LogP contribution is -2.30. The molecule has 0 aliphatic rings. The largest absolute Gasteiger partial charge is 0.496 e. The van der Waals surface area contributed by atoms with Gasteiger partial charge in [-0.15, -0.1) is 11.3 Å². The highest BCUT2D eigenvalue weighted by atomic mass is 32.1. The minimum atomic E-state index is -0.566. The third-order valence-corrected chi connectivity index (χ3v) is 5.30. The van der Waals surface area contributed by atoms with E-state index in [1.807, 2.05) is 18.2 Å². The molecule has 5 nitrogen and oxygen atoms in total. The zero-order chi connectivity index (χ0) is 20.3. The maximum Gasteiger partial charge on any atom is 0.268 e. The van der Waals surface area contributed by atoms with Gasteiger partial charge in [0, 0.05) is 18.2 Å². The minimum Gasteiger partial charge on any atom is -0.496 e. The summed E-state index contributed by atoms with van der Waals surface area (Å²) < 4.78 is 20.3. The molecule has 0 unspecified atom stereocenters. The van der Waals surface area contributed by atoms with E-state index in [4.69, 9.17) is 4.74 Å². The number of ether oxygens (including phenoxy) is 1. The number of benzene rings is 2. The number of Topliss-reactive ketones (excluding diaryl/α,β-unsaturated/α-hetero) is 1.